The van der Waals surface area contributed by atoms with Crippen LogP contribution in [-0.4, -0.2) is 56.4 Å². The summed E-state index contributed by atoms with van der Waals surface area (Å²) in [6.07, 6.45) is 2.87. The molecule has 3 heterocycles. The van der Waals surface area contributed by atoms with E-state index in [9.17, 15) is 9.59 Å². The van der Waals surface area contributed by atoms with Gasteiger partial charge in [-0.05, 0) is 0 Å². The first-order chi connectivity index (χ1) is 9.66. The molecule has 0 bridgehead atoms. The van der Waals surface area contributed by atoms with E-state index in [0.29, 0.717) is 37.3 Å². The van der Waals surface area contributed by atoms with Crippen LogP contribution in [0.1, 0.15) is 0 Å². The Morgan fingerprint density at radius 3 is 2.90 bits per heavy atom. The molecule has 3 rings (SSSR count). The highest BCUT2D eigenvalue weighted by Crippen LogP contribution is 2.04. The topological polar surface area (TPSA) is 82.2 Å². The van der Waals surface area contributed by atoms with Crippen molar-refractivity contribution in [2.45, 2.75) is 6.54 Å². The fraction of sp³-hybridized carbons (Fsp3) is 0.500. The van der Waals surface area contributed by atoms with Gasteiger partial charge in [-0.15, -0.1) is 0 Å². The van der Waals surface area contributed by atoms with Gasteiger partial charge in [-0.2, -0.15) is 5.10 Å². The van der Waals surface area contributed by atoms with Crippen LogP contribution in [0.2, 0.25) is 0 Å². The van der Waals surface area contributed by atoms with Crippen LogP contribution in [0.4, 0.5) is 0 Å². The minimum atomic E-state index is -0.246. The fourth-order valence-electron chi connectivity index (χ4n) is 2.24. The van der Waals surface area contributed by atoms with Gasteiger partial charge in [-0.1, -0.05) is 0 Å². The maximum atomic E-state index is 12.2. The van der Waals surface area contributed by atoms with Gasteiger partial charge in [-0.25, -0.2) is 4.98 Å². The summed E-state index contributed by atoms with van der Waals surface area (Å²) in [6.45, 7) is 2.21. The van der Waals surface area contributed by atoms with E-state index in [4.69, 9.17) is 4.74 Å². The van der Waals surface area contributed by atoms with Gasteiger partial charge in [-0.3, -0.25) is 18.8 Å². The first kappa shape index (κ1) is 12.8. The third-order valence-corrected chi connectivity index (χ3v) is 3.39. The first-order valence-corrected chi connectivity index (χ1v) is 6.39. The molecule has 2 aromatic heterocycles. The maximum absolute atomic E-state index is 12.2. The zero-order valence-corrected chi connectivity index (χ0v) is 11.2. The molecule has 20 heavy (non-hydrogen) atoms. The Kier molecular flexibility index (Phi) is 3.23. The number of hydrogen-bond acceptors (Lipinski definition) is 5. The molecule has 0 atom stereocenters. The van der Waals surface area contributed by atoms with E-state index in [1.165, 1.54) is 21.8 Å². The minimum Gasteiger partial charge on any atom is -0.378 e. The molecule has 0 radical (unpaired) electrons. The summed E-state index contributed by atoms with van der Waals surface area (Å²) in [6, 6.07) is 0. The molecule has 0 spiro atoms. The summed E-state index contributed by atoms with van der Waals surface area (Å²) in [4.78, 5) is 30.2. The number of aromatic nitrogens is 4. The molecule has 1 saturated heterocycles. The molecule has 0 N–H and O–H groups in total. The quantitative estimate of drug-likeness (QED) is 0.702. The molecule has 8 heteroatoms. The van der Waals surface area contributed by atoms with Gasteiger partial charge in [0.2, 0.25) is 5.91 Å². The average molecular weight is 277 g/mol. The van der Waals surface area contributed by atoms with Crippen LogP contribution in [0.5, 0.6) is 0 Å². The number of nitrogens with zero attached hydrogens (tertiary/aromatic N) is 5. The van der Waals surface area contributed by atoms with Crippen molar-refractivity contribution in [1.29, 1.82) is 0 Å². The highest BCUT2D eigenvalue weighted by molar-refractivity contribution is 5.77. The summed E-state index contributed by atoms with van der Waals surface area (Å²) in [5.41, 5.74) is 0.273. The van der Waals surface area contributed by atoms with E-state index in [0.717, 1.165) is 0 Å². The number of carbonyl (C=O) groups excluding carboxylic acids is 1. The Bertz CT molecular complexity index is 699. The number of amides is 1. The van der Waals surface area contributed by atoms with Gasteiger partial charge >= 0.3 is 0 Å². The molecule has 1 aliphatic rings. The summed E-state index contributed by atoms with van der Waals surface area (Å²) in [7, 11) is 1.72. The lowest BCUT2D eigenvalue weighted by Crippen LogP contribution is -2.43. The SMILES string of the molecule is Cn1ncc2c(=O)n(CC(=O)N3CCOCC3)cnc21. The molecule has 0 aromatic carbocycles. The summed E-state index contributed by atoms with van der Waals surface area (Å²) < 4.78 is 8.05. The standard InChI is InChI=1S/C12H15N5O3/c1-15-11-9(6-14-15)12(19)17(8-13-11)7-10(18)16-2-4-20-5-3-16/h6,8H,2-5,7H2,1H3. The molecule has 1 aliphatic heterocycles. The zero-order chi connectivity index (χ0) is 14.1. The van der Waals surface area contributed by atoms with Crippen LogP contribution in [0.15, 0.2) is 17.3 Å². The van der Waals surface area contributed by atoms with Gasteiger partial charge in [0.25, 0.3) is 5.56 Å². The van der Waals surface area contributed by atoms with Crippen molar-refractivity contribution in [2.24, 2.45) is 7.05 Å². The molecule has 1 amide bonds. The minimum absolute atomic E-state index is 0.00331. The van der Waals surface area contributed by atoms with Gasteiger partial charge in [0, 0.05) is 20.1 Å². The van der Waals surface area contributed by atoms with Crippen molar-refractivity contribution < 1.29 is 9.53 Å². The van der Waals surface area contributed by atoms with Crippen LogP contribution in [0, 0.1) is 0 Å². The van der Waals surface area contributed by atoms with Crippen molar-refractivity contribution >= 4 is 16.9 Å². The molecule has 0 unspecified atom stereocenters. The van der Waals surface area contributed by atoms with Crippen LogP contribution >= 0.6 is 0 Å². The van der Waals surface area contributed by atoms with Gasteiger partial charge in [0.15, 0.2) is 5.65 Å². The third kappa shape index (κ3) is 2.18. The third-order valence-electron chi connectivity index (χ3n) is 3.39. The second-order valence-corrected chi connectivity index (χ2v) is 4.68. The van der Waals surface area contributed by atoms with Crippen LogP contribution in [0.3, 0.4) is 0 Å². The van der Waals surface area contributed by atoms with Crippen molar-refractivity contribution in [2.75, 3.05) is 26.3 Å². The predicted octanol–water partition coefficient (Wildman–Crippen LogP) is -1.01. The summed E-state index contributed by atoms with van der Waals surface area (Å²) in [5, 5.41) is 4.42. The predicted molar refractivity (Wildman–Crippen MR) is 70.2 cm³/mol. The van der Waals surface area contributed by atoms with E-state index in [-0.39, 0.29) is 18.0 Å². The normalized spacial score (nSPS) is 15.8. The molecular weight excluding hydrogens is 262 g/mol. The Hall–Kier alpha value is -2.22. The monoisotopic (exact) mass is 277 g/mol. The van der Waals surface area contributed by atoms with E-state index < -0.39 is 0 Å². The zero-order valence-electron chi connectivity index (χ0n) is 11.2. The van der Waals surface area contributed by atoms with Gasteiger partial charge in [0.1, 0.15) is 18.3 Å². The number of rotatable bonds is 2. The second-order valence-electron chi connectivity index (χ2n) is 4.68. The number of hydrogen-bond donors (Lipinski definition) is 0. The number of carbonyl (C=O) groups is 1. The summed E-state index contributed by atoms with van der Waals surface area (Å²) >= 11 is 0. The van der Waals surface area contributed by atoms with E-state index in [2.05, 4.69) is 10.1 Å². The summed E-state index contributed by atoms with van der Waals surface area (Å²) in [5.74, 6) is -0.0968. The number of aryl methyl sites for hydroxylation is 1. The first-order valence-electron chi connectivity index (χ1n) is 6.39. The molecule has 0 saturated carbocycles. The van der Waals surface area contributed by atoms with Crippen molar-refractivity contribution in [3.63, 3.8) is 0 Å². The van der Waals surface area contributed by atoms with Crippen molar-refractivity contribution in [3.05, 3.63) is 22.9 Å². The van der Waals surface area contributed by atoms with Crippen molar-refractivity contribution in [1.82, 2.24) is 24.2 Å². The van der Waals surface area contributed by atoms with E-state index >= 15 is 0 Å². The fourth-order valence-corrected chi connectivity index (χ4v) is 2.24. The molecule has 106 valence electrons. The number of morpholine rings is 1. The highest BCUT2D eigenvalue weighted by atomic mass is 16.5. The van der Waals surface area contributed by atoms with Crippen LogP contribution in [-0.2, 0) is 23.1 Å². The lowest BCUT2D eigenvalue weighted by Gasteiger charge is -2.26. The largest absolute Gasteiger partial charge is 0.378 e. The Morgan fingerprint density at radius 1 is 1.40 bits per heavy atom. The number of ether oxygens (including phenoxy) is 1. The van der Waals surface area contributed by atoms with Gasteiger partial charge < -0.3 is 9.64 Å². The number of fused-ring (bicyclic) bond motifs is 1. The Labute approximate surface area is 114 Å². The highest BCUT2D eigenvalue weighted by Gasteiger charge is 2.18. The maximum Gasteiger partial charge on any atom is 0.264 e. The Balaban J connectivity index is 1.85. The van der Waals surface area contributed by atoms with Gasteiger partial charge in [0.05, 0.1) is 19.4 Å². The van der Waals surface area contributed by atoms with Crippen LogP contribution in [0.25, 0.3) is 11.0 Å². The average Bonchev–Trinajstić information content (AvgIpc) is 2.85. The van der Waals surface area contributed by atoms with E-state index in [1.807, 2.05) is 0 Å². The van der Waals surface area contributed by atoms with E-state index in [1.54, 1.807) is 11.9 Å². The molecule has 2 aromatic rings. The lowest BCUT2D eigenvalue weighted by atomic mass is 10.3. The molecule has 1 fully saturated rings. The Morgan fingerprint density at radius 2 is 2.15 bits per heavy atom. The lowest BCUT2D eigenvalue weighted by molar-refractivity contribution is -0.135. The molecule has 8 nitrogen and oxygen atoms in total. The van der Waals surface area contributed by atoms with Crippen LogP contribution < -0.4 is 5.56 Å². The second kappa shape index (κ2) is 5.04. The molecule has 0 aliphatic carbocycles. The smallest absolute Gasteiger partial charge is 0.264 e. The van der Waals surface area contributed by atoms with Crippen molar-refractivity contribution in [3.8, 4) is 0 Å². The molecular formula is C12H15N5O3.